The zero-order chi connectivity index (χ0) is 18.4. The number of nitrogens with one attached hydrogen (secondary N) is 1. The van der Waals surface area contributed by atoms with Gasteiger partial charge in [-0.25, -0.2) is 13.1 Å². The smallest absolute Gasteiger partial charge is 0.253 e. The lowest BCUT2D eigenvalue weighted by atomic mass is 9.93. The number of ether oxygens (including phenoxy) is 1. The molecule has 0 aliphatic heterocycles. The molecule has 1 rings (SSSR count). The summed E-state index contributed by atoms with van der Waals surface area (Å²) >= 11 is 0. The Kier molecular flexibility index (Phi) is 9.60. The van der Waals surface area contributed by atoms with E-state index in [-0.39, 0.29) is 41.8 Å². The Morgan fingerprint density at radius 1 is 1.36 bits per heavy atom. The predicted octanol–water partition coefficient (Wildman–Crippen LogP) is 1.09. The number of carbonyl (C=O) groups excluding carboxylic acids is 1. The summed E-state index contributed by atoms with van der Waals surface area (Å²) in [4.78, 5) is 14.1. The zero-order valence-corrected chi connectivity index (χ0v) is 16.7. The summed E-state index contributed by atoms with van der Waals surface area (Å²) in [5.74, 6) is -0.245. The molecule has 0 unspecified atom stereocenters. The van der Waals surface area contributed by atoms with Crippen LogP contribution >= 0.6 is 12.4 Å². The van der Waals surface area contributed by atoms with Crippen molar-refractivity contribution in [1.82, 2.24) is 9.62 Å². The third kappa shape index (κ3) is 7.29. The number of methoxy groups -OCH3 is 1. The number of hydrogen-bond donors (Lipinski definition) is 2. The van der Waals surface area contributed by atoms with Crippen molar-refractivity contribution in [1.29, 1.82) is 0 Å². The second kappa shape index (κ2) is 10.1. The third-order valence-corrected chi connectivity index (χ3v) is 5.01. The second-order valence-corrected chi connectivity index (χ2v) is 8.21. The number of nitrogens with zero attached hydrogens (tertiary/aromatic N) is 1. The Bertz CT molecular complexity index is 665. The van der Waals surface area contributed by atoms with Gasteiger partial charge in [-0.1, -0.05) is 19.9 Å². The first-order valence-corrected chi connectivity index (χ1v) is 9.15. The van der Waals surface area contributed by atoms with Crippen molar-refractivity contribution in [3.8, 4) is 0 Å². The van der Waals surface area contributed by atoms with Crippen LogP contribution < -0.4 is 10.5 Å². The minimum absolute atomic E-state index is 0. The van der Waals surface area contributed by atoms with Crippen molar-refractivity contribution >= 4 is 28.3 Å². The van der Waals surface area contributed by atoms with E-state index >= 15 is 0 Å². The van der Waals surface area contributed by atoms with Crippen LogP contribution in [0.2, 0.25) is 0 Å². The highest BCUT2D eigenvalue weighted by Crippen LogP contribution is 2.17. The van der Waals surface area contributed by atoms with Crippen LogP contribution in [-0.2, 0) is 14.8 Å². The maximum Gasteiger partial charge on any atom is 0.253 e. The summed E-state index contributed by atoms with van der Waals surface area (Å²) in [5.41, 5.74) is 5.80. The van der Waals surface area contributed by atoms with Crippen molar-refractivity contribution < 1.29 is 17.9 Å². The number of rotatable bonds is 9. The van der Waals surface area contributed by atoms with Gasteiger partial charge in [0, 0.05) is 32.8 Å². The molecule has 1 amide bonds. The van der Waals surface area contributed by atoms with E-state index in [0.29, 0.717) is 18.7 Å². The summed E-state index contributed by atoms with van der Waals surface area (Å²) in [6.07, 6.45) is 0. The Morgan fingerprint density at radius 2 is 2.00 bits per heavy atom. The van der Waals surface area contributed by atoms with Crippen LogP contribution in [0.25, 0.3) is 0 Å². The molecule has 3 N–H and O–H groups in total. The van der Waals surface area contributed by atoms with Crippen molar-refractivity contribution in [3.05, 3.63) is 29.8 Å². The first-order valence-electron chi connectivity index (χ1n) is 7.67. The van der Waals surface area contributed by atoms with Gasteiger partial charge in [0.1, 0.15) is 0 Å². The minimum atomic E-state index is -3.67. The van der Waals surface area contributed by atoms with Crippen LogP contribution in [0, 0.1) is 5.41 Å². The SMILES string of the molecule is COCCNS(=O)(=O)c1cccc(C(=O)N(C)CC(C)(C)CN)c1.Cl. The maximum atomic E-state index is 12.5. The molecule has 0 aliphatic carbocycles. The van der Waals surface area contributed by atoms with E-state index in [1.54, 1.807) is 24.1 Å². The summed E-state index contributed by atoms with van der Waals surface area (Å²) in [5, 5.41) is 0. The second-order valence-electron chi connectivity index (χ2n) is 6.45. The molecular weight excluding hydrogens is 366 g/mol. The standard InChI is InChI=1S/C16H27N3O4S.ClH/c1-16(2,11-17)12-19(3)15(20)13-6-5-7-14(10-13)24(21,22)18-8-9-23-4;/h5-7,10,18H,8-9,11-12,17H2,1-4H3;1H. The van der Waals surface area contributed by atoms with E-state index in [4.69, 9.17) is 10.5 Å². The Morgan fingerprint density at radius 3 is 2.56 bits per heavy atom. The van der Waals surface area contributed by atoms with Gasteiger partial charge in [-0.15, -0.1) is 12.4 Å². The monoisotopic (exact) mass is 393 g/mol. The van der Waals surface area contributed by atoms with E-state index in [0.717, 1.165) is 0 Å². The van der Waals surface area contributed by atoms with E-state index in [1.165, 1.54) is 19.2 Å². The number of hydrogen-bond acceptors (Lipinski definition) is 5. The van der Waals surface area contributed by atoms with E-state index < -0.39 is 10.0 Å². The van der Waals surface area contributed by atoms with Gasteiger partial charge >= 0.3 is 0 Å². The predicted molar refractivity (Wildman–Crippen MR) is 101 cm³/mol. The molecule has 0 fully saturated rings. The van der Waals surface area contributed by atoms with Crippen molar-refractivity contribution in [3.63, 3.8) is 0 Å². The number of carbonyl (C=O) groups is 1. The van der Waals surface area contributed by atoms with Gasteiger partial charge in [0.2, 0.25) is 10.0 Å². The average molecular weight is 394 g/mol. The number of benzene rings is 1. The summed E-state index contributed by atoms with van der Waals surface area (Å²) in [6.45, 7) is 5.30. The van der Waals surface area contributed by atoms with Crippen molar-refractivity contribution in [2.75, 3.05) is 40.4 Å². The molecule has 1 aromatic rings. The molecule has 0 atom stereocenters. The quantitative estimate of drug-likeness (QED) is 0.611. The first-order chi connectivity index (χ1) is 11.1. The lowest BCUT2D eigenvalue weighted by molar-refractivity contribution is 0.0740. The lowest BCUT2D eigenvalue weighted by Gasteiger charge is -2.29. The van der Waals surface area contributed by atoms with Crippen molar-refractivity contribution in [2.45, 2.75) is 18.7 Å². The summed E-state index contributed by atoms with van der Waals surface area (Å²) in [7, 11) is -0.504. The molecule has 0 spiro atoms. The highest BCUT2D eigenvalue weighted by Gasteiger charge is 2.23. The Hall–Kier alpha value is -1.19. The van der Waals surface area contributed by atoms with Gasteiger partial charge in [0.15, 0.2) is 0 Å². The van der Waals surface area contributed by atoms with E-state index in [1.807, 2.05) is 13.8 Å². The van der Waals surface area contributed by atoms with Gasteiger partial charge in [-0.05, 0) is 30.2 Å². The number of amides is 1. The molecule has 7 nitrogen and oxygen atoms in total. The van der Waals surface area contributed by atoms with Gasteiger partial charge in [-0.3, -0.25) is 4.79 Å². The summed E-state index contributed by atoms with van der Waals surface area (Å²) in [6, 6.07) is 5.99. The van der Waals surface area contributed by atoms with E-state index in [2.05, 4.69) is 4.72 Å². The molecule has 144 valence electrons. The fourth-order valence-corrected chi connectivity index (χ4v) is 3.22. The molecule has 1 aromatic carbocycles. The van der Waals surface area contributed by atoms with Crippen LogP contribution in [-0.4, -0.2) is 59.6 Å². The van der Waals surface area contributed by atoms with E-state index in [9.17, 15) is 13.2 Å². The molecule has 0 aliphatic rings. The molecule has 0 saturated heterocycles. The summed E-state index contributed by atoms with van der Waals surface area (Å²) < 4.78 is 31.7. The average Bonchev–Trinajstić information content (AvgIpc) is 2.54. The van der Waals surface area contributed by atoms with Crippen molar-refractivity contribution in [2.24, 2.45) is 11.1 Å². The first kappa shape index (κ1) is 23.8. The molecule has 9 heteroatoms. The highest BCUT2D eigenvalue weighted by atomic mass is 35.5. The molecule has 0 heterocycles. The zero-order valence-electron chi connectivity index (χ0n) is 15.1. The van der Waals surface area contributed by atoms with Crippen LogP contribution in [0.5, 0.6) is 0 Å². The van der Waals surface area contributed by atoms with Gasteiger partial charge in [0.25, 0.3) is 5.91 Å². The van der Waals surface area contributed by atoms with Gasteiger partial charge < -0.3 is 15.4 Å². The Balaban J connectivity index is 0.00000576. The molecule has 0 radical (unpaired) electrons. The fourth-order valence-electron chi connectivity index (χ4n) is 2.16. The highest BCUT2D eigenvalue weighted by molar-refractivity contribution is 7.89. The van der Waals surface area contributed by atoms with Gasteiger partial charge in [0.05, 0.1) is 11.5 Å². The maximum absolute atomic E-state index is 12.5. The van der Waals surface area contributed by atoms with Crippen LogP contribution in [0.15, 0.2) is 29.2 Å². The normalized spacial score (nSPS) is 11.7. The van der Waals surface area contributed by atoms with Crippen LogP contribution in [0.4, 0.5) is 0 Å². The van der Waals surface area contributed by atoms with Crippen LogP contribution in [0.1, 0.15) is 24.2 Å². The number of nitrogens with two attached hydrogens (primary N) is 1. The number of halogens is 1. The molecule has 0 saturated carbocycles. The van der Waals surface area contributed by atoms with Gasteiger partial charge in [-0.2, -0.15) is 0 Å². The largest absolute Gasteiger partial charge is 0.383 e. The molecular formula is C16H28ClN3O4S. The third-order valence-electron chi connectivity index (χ3n) is 3.55. The minimum Gasteiger partial charge on any atom is -0.383 e. The topological polar surface area (TPSA) is 102 Å². The number of sulfonamides is 1. The molecule has 0 bridgehead atoms. The Labute approximate surface area is 156 Å². The molecule has 0 aromatic heterocycles. The van der Waals surface area contributed by atoms with Crippen LogP contribution in [0.3, 0.4) is 0 Å². The lowest BCUT2D eigenvalue weighted by Crippen LogP contribution is -2.39. The fraction of sp³-hybridized carbons (Fsp3) is 0.562. The molecule has 25 heavy (non-hydrogen) atoms.